The number of amides is 2. The number of allylic oxidation sites excluding steroid dienone is 3. The van der Waals surface area contributed by atoms with E-state index in [1.807, 2.05) is 0 Å². The van der Waals surface area contributed by atoms with Crippen molar-refractivity contribution in [3.8, 4) is 0 Å². The van der Waals surface area contributed by atoms with Gasteiger partial charge in [-0.3, -0.25) is 9.59 Å². The van der Waals surface area contributed by atoms with Crippen LogP contribution in [0.5, 0.6) is 0 Å². The summed E-state index contributed by atoms with van der Waals surface area (Å²) in [5.74, 6) is 0.984. The molecule has 0 bridgehead atoms. The predicted molar refractivity (Wildman–Crippen MR) is 155 cm³/mol. The van der Waals surface area contributed by atoms with Gasteiger partial charge in [0.05, 0.1) is 18.6 Å². The molecule has 4 aliphatic rings. The highest BCUT2D eigenvalue weighted by Gasteiger charge is 2.49. The number of unbranched alkanes of at least 4 members (excludes halogenated alkanes) is 2. The van der Waals surface area contributed by atoms with E-state index in [-0.39, 0.29) is 36.4 Å². The van der Waals surface area contributed by atoms with Gasteiger partial charge in [-0.25, -0.2) is 0 Å². The average molecular weight is 535 g/mol. The van der Waals surface area contributed by atoms with Crippen molar-refractivity contribution < 1.29 is 14.7 Å². The highest BCUT2D eigenvalue weighted by molar-refractivity contribution is 5.83. The molecule has 1 unspecified atom stereocenters. The molecule has 6 atom stereocenters. The van der Waals surface area contributed by atoms with Crippen LogP contribution in [0.2, 0.25) is 0 Å². The zero-order chi connectivity index (χ0) is 27.0. The molecule has 1 aromatic carbocycles. The van der Waals surface area contributed by atoms with Crippen LogP contribution in [0, 0.1) is 17.8 Å². The quantitative estimate of drug-likeness (QED) is 0.317. The molecule has 2 fully saturated rings. The topological polar surface area (TPSA) is 93.7 Å². The van der Waals surface area contributed by atoms with Gasteiger partial charge in [0.25, 0.3) is 0 Å². The second-order valence-electron chi connectivity index (χ2n) is 11.7. The Balaban J connectivity index is 1.23. The van der Waals surface area contributed by atoms with E-state index in [0.717, 1.165) is 76.6 Å². The Morgan fingerprint density at radius 3 is 2.74 bits per heavy atom. The molecule has 2 aliphatic carbocycles. The Labute approximate surface area is 233 Å². The van der Waals surface area contributed by atoms with Crippen LogP contribution in [0.25, 0.3) is 0 Å². The molecule has 212 valence electrons. The molecule has 0 spiro atoms. The number of fused-ring (bicyclic) bond motifs is 3. The summed E-state index contributed by atoms with van der Waals surface area (Å²) >= 11 is 0. The van der Waals surface area contributed by atoms with Crippen LogP contribution in [-0.4, -0.2) is 60.1 Å². The molecule has 4 N–H and O–H groups in total. The normalized spacial score (nSPS) is 29.4. The molecule has 0 aromatic heterocycles. The molecule has 2 aliphatic heterocycles. The van der Waals surface area contributed by atoms with Gasteiger partial charge in [0, 0.05) is 49.1 Å². The Morgan fingerprint density at radius 2 is 1.90 bits per heavy atom. The number of para-hydroxylation sites is 1. The lowest BCUT2D eigenvalue weighted by atomic mass is 9.75. The van der Waals surface area contributed by atoms with Gasteiger partial charge >= 0.3 is 0 Å². The molecule has 7 nitrogen and oxygen atoms in total. The Bertz CT molecular complexity index is 1040. The molecule has 2 amide bonds. The van der Waals surface area contributed by atoms with Gasteiger partial charge in [-0.15, -0.1) is 0 Å². The Morgan fingerprint density at radius 1 is 1.03 bits per heavy atom. The van der Waals surface area contributed by atoms with Gasteiger partial charge in [0.1, 0.15) is 0 Å². The summed E-state index contributed by atoms with van der Waals surface area (Å²) in [5, 5.41) is 19.1. The van der Waals surface area contributed by atoms with Crippen LogP contribution in [0.1, 0.15) is 75.8 Å². The third kappa shape index (κ3) is 6.58. The largest absolute Gasteiger partial charge is 0.395 e. The van der Waals surface area contributed by atoms with E-state index in [4.69, 9.17) is 5.11 Å². The minimum atomic E-state index is -0.137. The number of carbonyl (C=O) groups excluding carboxylic acids is 2. The van der Waals surface area contributed by atoms with Crippen molar-refractivity contribution in [3.63, 3.8) is 0 Å². The second kappa shape index (κ2) is 13.6. The number of aliphatic hydroxyl groups excluding tert-OH is 1. The Hall–Kier alpha value is -2.64. The predicted octanol–water partition coefficient (Wildman–Crippen LogP) is 4.32. The average Bonchev–Trinajstić information content (AvgIpc) is 3.42. The van der Waals surface area contributed by atoms with E-state index < -0.39 is 0 Å². The molecule has 7 heteroatoms. The monoisotopic (exact) mass is 534 g/mol. The number of hydrogen-bond donors (Lipinski definition) is 4. The van der Waals surface area contributed by atoms with E-state index in [2.05, 4.69) is 69.4 Å². The lowest BCUT2D eigenvalue weighted by Crippen LogP contribution is -2.51. The van der Waals surface area contributed by atoms with Gasteiger partial charge in [-0.1, -0.05) is 61.8 Å². The molecule has 1 saturated heterocycles. The van der Waals surface area contributed by atoms with Gasteiger partial charge in [-0.05, 0) is 56.7 Å². The number of nitrogens with zero attached hydrogens (tertiary/aromatic N) is 1. The lowest BCUT2D eigenvalue weighted by molar-refractivity contribution is -0.139. The summed E-state index contributed by atoms with van der Waals surface area (Å²) in [4.78, 5) is 29.2. The molecule has 5 rings (SSSR count). The molecule has 1 aromatic rings. The van der Waals surface area contributed by atoms with Crippen molar-refractivity contribution in [2.24, 2.45) is 17.8 Å². The highest BCUT2D eigenvalue weighted by atomic mass is 16.3. The first-order valence-electron chi connectivity index (χ1n) is 15.3. The first-order chi connectivity index (χ1) is 19.2. The molecule has 2 heterocycles. The number of rotatable bonds is 11. The SMILES string of the molecule is O=C(CCCCCNCCO)N[C@@H]1CCCC[C@@H]1C(=O)N1CC[C@@H]2[C@H](C3C=CC=CC3)Nc3ccccc3[C@@H]21. The van der Waals surface area contributed by atoms with Crippen LogP contribution < -0.4 is 16.0 Å². The minimum absolute atomic E-state index is 0.0665. The van der Waals surface area contributed by atoms with Gasteiger partial charge < -0.3 is 26.0 Å². The summed E-state index contributed by atoms with van der Waals surface area (Å²) in [6, 6.07) is 8.87. The maximum Gasteiger partial charge on any atom is 0.228 e. The Kier molecular flexibility index (Phi) is 9.75. The maximum atomic E-state index is 14.2. The summed E-state index contributed by atoms with van der Waals surface area (Å²) in [7, 11) is 0. The van der Waals surface area contributed by atoms with Crippen molar-refractivity contribution in [2.75, 3.05) is 31.6 Å². The van der Waals surface area contributed by atoms with E-state index in [1.54, 1.807) is 0 Å². The highest BCUT2D eigenvalue weighted by Crippen LogP contribution is 2.49. The van der Waals surface area contributed by atoms with E-state index in [9.17, 15) is 9.59 Å². The van der Waals surface area contributed by atoms with Gasteiger partial charge in [0.15, 0.2) is 0 Å². The molecule has 0 radical (unpaired) electrons. The number of carbonyl (C=O) groups is 2. The zero-order valence-electron chi connectivity index (χ0n) is 23.2. The standard InChI is InChI=1S/C32H46N4O3/c37-22-20-33-19-10-2-5-17-29(38)34-28-16-9-7-14-25(28)32(39)36-21-18-26-30(23-11-3-1-4-12-23)35-27-15-8-6-13-24(27)31(26)36/h1,3-4,6,8,11,13,15,23,25-26,28,30-31,33,35,37H,2,5,7,9-10,12,14,16-22H2,(H,34,38)/t23?,25-,26+,28+,30-,31-/m0/s1. The zero-order valence-corrected chi connectivity index (χ0v) is 23.2. The van der Waals surface area contributed by atoms with Crippen molar-refractivity contribution in [1.29, 1.82) is 0 Å². The van der Waals surface area contributed by atoms with Crippen LogP contribution >= 0.6 is 0 Å². The summed E-state index contributed by atoms with van der Waals surface area (Å²) in [6.45, 7) is 2.43. The number of anilines is 1. The third-order valence-electron chi connectivity index (χ3n) is 9.24. The van der Waals surface area contributed by atoms with Crippen LogP contribution in [0.4, 0.5) is 5.69 Å². The molecule has 1 saturated carbocycles. The fraction of sp³-hybridized carbons (Fsp3) is 0.625. The minimum Gasteiger partial charge on any atom is -0.395 e. The second-order valence-corrected chi connectivity index (χ2v) is 11.7. The first-order valence-corrected chi connectivity index (χ1v) is 15.3. The number of benzene rings is 1. The smallest absolute Gasteiger partial charge is 0.228 e. The van der Waals surface area contributed by atoms with Gasteiger partial charge in [0.2, 0.25) is 11.8 Å². The summed E-state index contributed by atoms with van der Waals surface area (Å²) in [5.41, 5.74) is 2.40. The van der Waals surface area contributed by atoms with E-state index in [1.165, 1.54) is 5.56 Å². The van der Waals surface area contributed by atoms with Crippen molar-refractivity contribution in [2.45, 2.75) is 82.3 Å². The third-order valence-corrected chi connectivity index (χ3v) is 9.24. The fourth-order valence-electron chi connectivity index (χ4n) is 7.31. The number of nitrogens with one attached hydrogen (secondary N) is 3. The number of likely N-dealkylation sites (tertiary alicyclic amines) is 1. The van der Waals surface area contributed by atoms with Crippen molar-refractivity contribution in [3.05, 3.63) is 54.1 Å². The fourth-order valence-corrected chi connectivity index (χ4v) is 7.31. The number of aliphatic hydroxyl groups is 1. The van der Waals surface area contributed by atoms with Crippen LogP contribution in [-0.2, 0) is 9.59 Å². The molecular formula is C32H46N4O3. The summed E-state index contributed by atoms with van der Waals surface area (Å²) < 4.78 is 0. The van der Waals surface area contributed by atoms with E-state index in [0.29, 0.717) is 30.8 Å². The first kappa shape index (κ1) is 27.9. The molecular weight excluding hydrogens is 488 g/mol. The maximum absolute atomic E-state index is 14.2. The van der Waals surface area contributed by atoms with Crippen LogP contribution in [0.3, 0.4) is 0 Å². The lowest BCUT2D eigenvalue weighted by Gasteiger charge is -2.44. The summed E-state index contributed by atoms with van der Waals surface area (Å²) in [6.07, 6.45) is 18.1. The van der Waals surface area contributed by atoms with E-state index >= 15 is 0 Å². The van der Waals surface area contributed by atoms with Crippen LogP contribution in [0.15, 0.2) is 48.6 Å². The van der Waals surface area contributed by atoms with Gasteiger partial charge in [-0.2, -0.15) is 0 Å². The number of hydrogen-bond acceptors (Lipinski definition) is 5. The molecule has 39 heavy (non-hydrogen) atoms. The van der Waals surface area contributed by atoms with Crippen molar-refractivity contribution in [1.82, 2.24) is 15.5 Å². The van der Waals surface area contributed by atoms with Crippen molar-refractivity contribution >= 4 is 17.5 Å².